The van der Waals surface area contributed by atoms with Crippen molar-refractivity contribution in [3.8, 4) is 0 Å². The van der Waals surface area contributed by atoms with Crippen molar-refractivity contribution >= 4 is 27.5 Å². The van der Waals surface area contributed by atoms with Crippen molar-refractivity contribution in [2.75, 3.05) is 25.4 Å². The van der Waals surface area contributed by atoms with Crippen LogP contribution in [0.15, 0.2) is 22.7 Å². The summed E-state index contributed by atoms with van der Waals surface area (Å²) in [4.78, 5) is 14.7. The number of likely N-dealkylation sites (tertiary alicyclic amines) is 1. The molecule has 0 unspecified atom stereocenters. The first-order valence-electron chi connectivity index (χ1n) is 7.68. The fourth-order valence-electron chi connectivity index (χ4n) is 2.62. The third kappa shape index (κ3) is 4.71. The van der Waals surface area contributed by atoms with Gasteiger partial charge < -0.3 is 16.0 Å². The van der Waals surface area contributed by atoms with Gasteiger partial charge in [0.05, 0.1) is 0 Å². The number of unbranched alkanes of at least 4 members (excludes halogenated alkanes) is 1. The van der Waals surface area contributed by atoms with Gasteiger partial charge in [0.1, 0.15) is 0 Å². The molecule has 116 valence electrons. The molecule has 1 aliphatic rings. The Morgan fingerprint density at radius 2 is 2.14 bits per heavy atom. The van der Waals surface area contributed by atoms with Gasteiger partial charge in [0, 0.05) is 34.9 Å². The van der Waals surface area contributed by atoms with Crippen LogP contribution in [0.25, 0.3) is 0 Å². The van der Waals surface area contributed by atoms with Crippen LogP contribution >= 0.6 is 15.9 Å². The van der Waals surface area contributed by atoms with E-state index in [2.05, 4.69) is 33.1 Å². The van der Waals surface area contributed by atoms with Crippen molar-refractivity contribution in [1.82, 2.24) is 10.2 Å². The van der Waals surface area contributed by atoms with Crippen LogP contribution in [0.4, 0.5) is 5.69 Å². The van der Waals surface area contributed by atoms with E-state index < -0.39 is 0 Å². The first-order chi connectivity index (χ1) is 10.1. The summed E-state index contributed by atoms with van der Waals surface area (Å²) in [6.45, 7) is 5.56. The molecule has 0 atom stereocenters. The molecule has 0 radical (unpaired) electrons. The van der Waals surface area contributed by atoms with E-state index >= 15 is 0 Å². The van der Waals surface area contributed by atoms with Crippen LogP contribution in [0.2, 0.25) is 0 Å². The highest BCUT2D eigenvalue weighted by atomic mass is 79.9. The number of hydrogen-bond acceptors (Lipinski definition) is 3. The Bertz CT molecular complexity index is 484. The number of nitrogens with two attached hydrogens (primary N) is 1. The van der Waals surface area contributed by atoms with E-state index in [0.29, 0.717) is 11.3 Å². The largest absolute Gasteiger partial charge is 0.398 e. The molecule has 0 saturated carbocycles. The Morgan fingerprint density at radius 1 is 1.43 bits per heavy atom. The standard InChI is InChI=1S/C16H24BrN3O/c1-2-3-8-20-9-6-13(7-10-20)19-16(21)12-4-5-15(18)14(17)11-12/h4-5,11,13H,2-3,6-10,18H2,1H3,(H,19,21). The molecule has 0 bridgehead atoms. The Hall–Kier alpha value is -1.07. The fourth-order valence-corrected chi connectivity index (χ4v) is 3.00. The van der Waals surface area contributed by atoms with Crippen molar-refractivity contribution in [3.05, 3.63) is 28.2 Å². The molecule has 1 amide bonds. The van der Waals surface area contributed by atoms with Gasteiger partial charge in [0.15, 0.2) is 0 Å². The van der Waals surface area contributed by atoms with E-state index in [1.165, 1.54) is 19.4 Å². The number of anilines is 1. The van der Waals surface area contributed by atoms with Crippen LogP contribution in [0.5, 0.6) is 0 Å². The molecular formula is C16H24BrN3O. The zero-order valence-electron chi connectivity index (χ0n) is 12.6. The van der Waals surface area contributed by atoms with Crippen LogP contribution in [0.3, 0.4) is 0 Å². The number of nitrogen functional groups attached to an aromatic ring is 1. The number of carbonyl (C=O) groups is 1. The number of nitrogens with one attached hydrogen (secondary N) is 1. The van der Waals surface area contributed by atoms with Crippen molar-refractivity contribution in [3.63, 3.8) is 0 Å². The zero-order chi connectivity index (χ0) is 15.2. The maximum atomic E-state index is 12.2. The van der Waals surface area contributed by atoms with Gasteiger partial charge in [-0.1, -0.05) is 13.3 Å². The summed E-state index contributed by atoms with van der Waals surface area (Å²) in [5.74, 6) is -0.0114. The second-order valence-electron chi connectivity index (χ2n) is 5.68. The lowest BCUT2D eigenvalue weighted by Crippen LogP contribution is -2.44. The van der Waals surface area contributed by atoms with Crippen LogP contribution in [0, 0.1) is 0 Å². The average molecular weight is 354 g/mol. The molecule has 1 heterocycles. The van der Waals surface area contributed by atoms with E-state index in [4.69, 9.17) is 5.73 Å². The summed E-state index contributed by atoms with van der Waals surface area (Å²) in [7, 11) is 0. The SMILES string of the molecule is CCCCN1CCC(NC(=O)c2ccc(N)c(Br)c2)CC1. The van der Waals surface area contributed by atoms with Crippen molar-refractivity contribution in [1.29, 1.82) is 0 Å². The second kappa shape index (κ2) is 7.80. The predicted molar refractivity (Wildman–Crippen MR) is 90.4 cm³/mol. The molecule has 1 aromatic rings. The number of hydrogen-bond donors (Lipinski definition) is 2. The average Bonchev–Trinajstić information content (AvgIpc) is 2.49. The minimum atomic E-state index is -0.0114. The highest BCUT2D eigenvalue weighted by Crippen LogP contribution is 2.20. The predicted octanol–water partition coefficient (Wildman–Crippen LogP) is 3.03. The maximum absolute atomic E-state index is 12.2. The number of nitrogens with zero attached hydrogens (tertiary/aromatic N) is 1. The third-order valence-electron chi connectivity index (χ3n) is 4.01. The maximum Gasteiger partial charge on any atom is 0.251 e. The van der Waals surface area contributed by atoms with Crippen molar-refractivity contribution < 1.29 is 4.79 Å². The Balaban J connectivity index is 1.82. The molecule has 3 N–H and O–H groups in total. The summed E-state index contributed by atoms with van der Waals surface area (Å²) in [5, 5.41) is 3.13. The van der Waals surface area contributed by atoms with E-state index in [-0.39, 0.29) is 11.9 Å². The van der Waals surface area contributed by atoms with Gasteiger partial charge in [-0.25, -0.2) is 0 Å². The molecule has 0 spiro atoms. The number of halogens is 1. The van der Waals surface area contributed by atoms with E-state index in [1.54, 1.807) is 18.2 Å². The summed E-state index contributed by atoms with van der Waals surface area (Å²) < 4.78 is 0.768. The smallest absolute Gasteiger partial charge is 0.251 e. The molecule has 0 aromatic heterocycles. The summed E-state index contributed by atoms with van der Waals surface area (Å²) in [5.41, 5.74) is 7.05. The number of piperidine rings is 1. The van der Waals surface area contributed by atoms with Gasteiger partial charge in [-0.2, -0.15) is 0 Å². The second-order valence-corrected chi connectivity index (χ2v) is 6.53. The van der Waals surface area contributed by atoms with Gasteiger partial charge in [-0.05, 0) is 59.9 Å². The number of rotatable bonds is 5. The quantitative estimate of drug-likeness (QED) is 0.799. The van der Waals surface area contributed by atoms with Crippen LogP contribution in [-0.2, 0) is 0 Å². The molecule has 1 aromatic carbocycles. The van der Waals surface area contributed by atoms with Gasteiger partial charge in [0.2, 0.25) is 0 Å². The van der Waals surface area contributed by atoms with E-state index in [1.807, 2.05) is 0 Å². The van der Waals surface area contributed by atoms with Crippen molar-refractivity contribution in [2.45, 2.75) is 38.6 Å². The number of amides is 1. The van der Waals surface area contributed by atoms with Gasteiger partial charge >= 0.3 is 0 Å². The molecule has 4 nitrogen and oxygen atoms in total. The van der Waals surface area contributed by atoms with E-state index in [9.17, 15) is 4.79 Å². The highest BCUT2D eigenvalue weighted by molar-refractivity contribution is 9.10. The first-order valence-corrected chi connectivity index (χ1v) is 8.47. The van der Waals surface area contributed by atoms with Gasteiger partial charge in [-0.3, -0.25) is 4.79 Å². The van der Waals surface area contributed by atoms with Crippen LogP contribution in [0.1, 0.15) is 43.0 Å². The summed E-state index contributed by atoms with van der Waals surface area (Å²) >= 11 is 3.36. The molecular weight excluding hydrogens is 330 g/mol. The molecule has 1 fully saturated rings. The molecule has 21 heavy (non-hydrogen) atoms. The highest BCUT2D eigenvalue weighted by Gasteiger charge is 2.20. The fraction of sp³-hybridized carbons (Fsp3) is 0.562. The first kappa shape index (κ1) is 16.3. The Morgan fingerprint density at radius 3 is 2.76 bits per heavy atom. The summed E-state index contributed by atoms with van der Waals surface area (Å²) in [6, 6.07) is 5.59. The Kier molecular flexibility index (Phi) is 6.06. The lowest BCUT2D eigenvalue weighted by atomic mass is 10.0. The Labute approximate surface area is 135 Å². The van der Waals surface area contributed by atoms with Crippen LogP contribution in [-0.4, -0.2) is 36.5 Å². The molecule has 1 aliphatic heterocycles. The molecule has 2 rings (SSSR count). The third-order valence-corrected chi connectivity index (χ3v) is 4.70. The lowest BCUT2D eigenvalue weighted by molar-refractivity contribution is 0.0911. The summed E-state index contributed by atoms with van der Waals surface area (Å²) in [6.07, 6.45) is 4.57. The monoisotopic (exact) mass is 353 g/mol. The normalized spacial score (nSPS) is 16.9. The molecule has 5 heteroatoms. The minimum Gasteiger partial charge on any atom is -0.398 e. The molecule has 0 aliphatic carbocycles. The topological polar surface area (TPSA) is 58.4 Å². The van der Waals surface area contributed by atoms with E-state index in [0.717, 1.165) is 30.4 Å². The number of carbonyl (C=O) groups excluding carboxylic acids is 1. The number of benzene rings is 1. The zero-order valence-corrected chi connectivity index (χ0v) is 14.2. The lowest BCUT2D eigenvalue weighted by Gasteiger charge is -2.32. The van der Waals surface area contributed by atoms with Crippen molar-refractivity contribution in [2.24, 2.45) is 0 Å². The van der Waals surface area contributed by atoms with Crippen LogP contribution < -0.4 is 11.1 Å². The van der Waals surface area contributed by atoms with Gasteiger partial charge in [0.25, 0.3) is 5.91 Å². The van der Waals surface area contributed by atoms with Gasteiger partial charge in [-0.15, -0.1) is 0 Å². The minimum absolute atomic E-state index is 0.0114. The molecule has 1 saturated heterocycles.